The van der Waals surface area contributed by atoms with Gasteiger partial charge in [0, 0.05) is 18.9 Å². The van der Waals surface area contributed by atoms with Crippen LogP contribution in [0.4, 0.5) is 4.39 Å². The van der Waals surface area contributed by atoms with Crippen LogP contribution in [0.25, 0.3) is 0 Å². The highest BCUT2D eigenvalue weighted by atomic mass is 19.1. The molecule has 0 spiro atoms. The van der Waals surface area contributed by atoms with E-state index in [0.29, 0.717) is 29.7 Å². The predicted octanol–water partition coefficient (Wildman–Crippen LogP) is 2.87. The molecule has 2 aromatic rings. The number of nitrogens with one attached hydrogen (secondary N) is 1. The number of halogens is 1. The van der Waals surface area contributed by atoms with Crippen molar-refractivity contribution in [2.45, 2.75) is 44.6 Å². The van der Waals surface area contributed by atoms with Crippen LogP contribution in [-0.2, 0) is 12.8 Å². The van der Waals surface area contributed by atoms with Crippen molar-refractivity contribution in [1.82, 2.24) is 15.5 Å². The SMILES string of the molecule is Fc1ccccc1Cc1noc(CCC2CCCCN2)n1. The zero-order valence-corrected chi connectivity index (χ0v) is 12.0. The van der Waals surface area contributed by atoms with E-state index in [9.17, 15) is 4.39 Å². The Bertz CT molecular complexity index is 578. The van der Waals surface area contributed by atoms with Crippen LogP contribution in [0.5, 0.6) is 0 Å². The lowest BCUT2D eigenvalue weighted by Gasteiger charge is -2.22. The molecule has 1 saturated heterocycles. The normalized spacial score (nSPS) is 18.8. The lowest BCUT2D eigenvalue weighted by Crippen LogP contribution is -2.34. The van der Waals surface area contributed by atoms with Crippen LogP contribution in [0.15, 0.2) is 28.8 Å². The lowest BCUT2D eigenvalue weighted by atomic mass is 10.0. The molecule has 0 radical (unpaired) electrons. The molecule has 1 aliphatic heterocycles. The fraction of sp³-hybridized carbons (Fsp3) is 0.500. The Kier molecular flexibility index (Phi) is 4.60. The maximum absolute atomic E-state index is 13.6. The minimum absolute atomic E-state index is 0.227. The lowest BCUT2D eigenvalue weighted by molar-refractivity contribution is 0.341. The number of aryl methyl sites for hydroxylation is 1. The molecule has 21 heavy (non-hydrogen) atoms. The van der Waals surface area contributed by atoms with Crippen molar-refractivity contribution >= 4 is 0 Å². The Morgan fingerprint density at radius 3 is 3.00 bits per heavy atom. The first-order chi connectivity index (χ1) is 10.3. The van der Waals surface area contributed by atoms with Gasteiger partial charge in [0.05, 0.1) is 0 Å². The Morgan fingerprint density at radius 1 is 1.29 bits per heavy atom. The average molecular weight is 289 g/mol. The highest BCUT2D eigenvalue weighted by molar-refractivity contribution is 5.20. The average Bonchev–Trinajstić information content (AvgIpc) is 2.96. The fourth-order valence-corrected chi connectivity index (χ4v) is 2.74. The van der Waals surface area contributed by atoms with Crippen molar-refractivity contribution in [2.75, 3.05) is 6.54 Å². The summed E-state index contributed by atoms with van der Waals surface area (Å²) in [5.41, 5.74) is 0.596. The van der Waals surface area contributed by atoms with Crippen LogP contribution >= 0.6 is 0 Å². The zero-order valence-electron chi connectivity index (χ0n) is 12.0. The minimum atomic E-state index is -0.227. The highest BCUT2D eigenvalue weighted by Crippen LogP contribution is 2.14. The van der Waals surface area contributed by atoms with E-state index in [2.05, 4.69) is 15.5 Å². The second kappa shape index (κ2) is 6.80. The minimum Gasteiger partial charge on any atom is -0.339 e. The third-order valence-corrected chi connectivity index (χ3v) is 3.94. The molecule has 1 fully saturated rings. The summed E-state index contributed by atoms with van der Waals surface area (Å²) in [4.78, 5) is 4.36. The summed E-state index contributed by atoms with van der Waals surface area (Å²) in [6, 6.07) is 7.24. The Hall–Kier alpha value is -1.75. The van der Waals surface area contributed by atoms with Gasteiger partial charge in [-0.3, -0.25) is 0 Å². The molecule has 1 unspecified atom stereocenters. The fourth-order valence-electron chi connectivity index (χ4n) is 2.74. The van der Waals surface area contributed by atoms with Crippen LogP contribution in [0.2, 0.25) is 0 Å². The monoisotopic (exact) mass is 289 g/mol. The van der Waals surface area contributed by atoms with Gasteiger partial charge in [-0.2, -0.15) is 4.98 Å². The number of hydrogen-bond acceptors (Lipinski definition) is 4. The molecule has 0 aliphatic carbocycles. The van der Waals surface area contributed by atoms with Crippen LogP contribution in [0.1, 0.15) is 43.0 Å². The summed E-state index contributed by atoms with van der Waals surface area (Å²) in [6.07, 6.45) is 5.95. The van der Waals surface area contributed by atoms with Gasteiger partial charge in [-0.15, -0.1) is 0 Å². The molecule has 0 amide bonds. The molecule has 0 saturated carbocycles. The maximum Gasteiger partial charge on any atom is 0.226 e. The Labute approximate surface area is 123 Å². The standard InChI is InChI=1S/C16H20FN3O/c17-14-7-2-1-5-12(14)11-15-19-16(21-20-15)9-8-13-6-3-4-10-18-13/h1-2,5,7,13,18H,3-4,6,8-11H2. The van der Waals surface area contributed by atoms with Crippen molar-refractivity contribution in [3.8, 4) is 0 Å². The molecule has 5 heteroatoms. The van der Waals surface area contributed by atoms with Gasteiger partial charge >= 0.3 is 0 Å². The number of aromatic nitrogens is 2. The smallest absolute Gasteiger partial charge is 0.226 e. The van der Waals surface area contributed by atoms with E-state index in [0.717, 1.165) is 19.4 Å². The van der Waals surface area contributed by atoms with Crippen LogP contribution in [-0.4, -0.2) is 22.7 Å². The number of hydrogen-bond donors (Lipinski definition) is 1. The van der Waals surface area contributed by atoms with Gasteiger partial charge in [0.1, 0.15) is 5.82 Å². The first kappa shape index (κ1) is 14.2. The number of rotatable bonds is 5. The van der Waals surface area contributed by atoms with Gasteiger partial charge in [0.25, 0.3) is 0 Å². The third kappa shape index (κ3) is 3.88. The number of piperidine rings is 1. The van der Waals surface area contributed by atoms with E-state index < -0.39 is 0 Å². The van der Waals surface area contributed by atoms with Gasteiger partial charge in [0.15, 0.2) is 5.82 Å². The van der Waals surface area contributed by atoms with Gasteiger partial charge in [0.2, 0.25) is 5.89 Å². The Balaban J connectivity index is 1.55. The molecule has 1 aromatic heterocycles. The highest BCUT2D eigenvalue weighted by Gasteiger charge is 2.15. The largest absolute Gasteiger partial charge is 0.339 e. The van der Waals surface area contributed by atoms with Crippen LogP contribution in [0, 0.1) is 5.82 Å². The number of nitrogens with zero attached hydrogens (tertiary/aromatic N) is 2. The van der Waals surface area contributed by atoms with Gasteiger partial charge in [-0.05, 0) is 37.4 Å². The predicted molar refractivity (Wildman–Crippen MR) is 77.5 cm³/mol. The zero-order chi connectivity index (χ0) is 14.5. The molecule has 2 heterocycles. The molecule has 3 rings (SSSR count). The van der Waals surface area contributed by atoms with E-state index in [1.54, 1.807) is 12.1 Å². The number of benzene rings is 1. The van der Waals surface area contributed by atoms with Gasteiger partial charge < -0.3 is 9.84 Å². The summed E-state index contributed by atoms with van der Waals surface area (Å²) in [5, 5.41) is 7.45. The van der Waals surface area contributed by atoms with Crippen molar-refractivity contribution < 1.29 is 8.91 Å². The quantitative estimate of drug-likeness (QED) is 0.919. The second-order valence-electron chi connectivity index (χ2n) is 5.56. The molecule has 1 aliphatic rings. The summed E-state index contributed by atoms with van der Waals surface area (Å²) in [6.45, 7) is 1.10. The van der Waals surface area contributed by atoms with Crippen molar-refractivity contribution in [1.29, 1.82) is 0 Å². The van der Waals surface area contributed by atoms with Gasteiger partial charge in [-0.1, -0.05) is 29.8 Å². The molecule has 0 bridgehead atoms. The molecule has 1 aromatic carbocycles. The Morgan fingerprint density at radius 2 is 2.19 bits per heavy atom. The van der Waals surface area contributed by atoms with Crippen molar-refractivity contribution in [3.05, 3.63) is 47.4 Å². The molecule has 112 valence electrons. The summed E-state index contributed by atoms with van der Waals surface area (Å²) >= 11 is 0. The second-order valence-corrected chi connectivity index (χ2v) is 5.56. The van der Waals surface area contributed by atoms with Crippen LogP contribution < -0.4 is 5.32 Å². The third-order valence-electron chi connectivity index (χ3n) is 3.94. The topological polar surface area (TPSA) is 51.0 Å². The van der Waals surface area contributed by atoms with Crippen molar-refractivity contribution in [3.63, 3.8) is 0 Å². The van der Waals surface area contributed by atoms with E-state index >= 15 is 0 Å². The molecule has 4 nitrogen and oxygen atoms in total. The van der Waals surface area contributed by atoms with E-state index in [-0.39, 0.29) is 5.82 Å². The van der Waals surface area contributed by atoms with Crippen molar-refractivity contribution in [2.24, 2.45) is 0 Å². The van der Waals surface area contributed by atoms with E-state index in [1.807, 2.05) is 6.07 Å². The van der Waals surface area contributed by atoms with E-state index in [1.165, 1.54) is 25.3 Å². The molecule has 1 atom stereocenters. The maximum atomic E-state index is 13.6. The molecular formula is C16H20FN3O. The molecular weight excluding hydrogens is 269 g/mol. The first-order valence-electron chi connectivity index (χ1n) is 7.59. The van der Waals surface area contributed by atoms with E-state index in [4.69, 9.17) is 4.52 Å². The van der Waals surface area contributed by atoms with Crippen LogP contribution in [0.3, 0.4) is 0 Å². The summed E-state index contributed by atoms with van der Waals surface area (Å²) in [5.74, 6) is 0.968. The molecule has 1 N–H and O–H groups in total. The summed E-state index contributed by atoms with van der Waals surface area (Å²) in [7, 11) is 0. The first-order valence-corrected chi connectivity index (χ1v) is 7.59. The summed E-state index contributed by atoms with van der Waals surface area (Å²) < 4.78 is 18.8. The van der Waals surface area contributed by atoms with Gasteiger partial charge in [-0.25, -0.2) is 4.39 Å².